The molecular formula is C18H19FN2O3. The van der Waals surface area contributed by atoms with Gasteiger partial charge in [0.2, 0.25) is 5.91 Å². The quantitative estimate of drug-likeness (QED) is 0.798. The van der Waals surface area contributed by atoms with Gasteiger partial charge in [0.1, 0.15) is 11.9 Å². The summed E-state index contributed by atoms with van der Waals surface area (Å²) in [7, 11) is 0. The van der Waals surface area contributed by atoms with Crippen LogP contribution in [0.15, 0.2) is 18.2 Å². The summed E-state index contributed by atoms with van der Waals surface area (Å²) < 4.78 is 19.5. The second-order valence-electron chi connectivity index (χ2n) is 6.28. The standard InChI is InChI=1S/C18H19FN2O3/c19-15-8-7-13(21-9-3-6-17(21)22)10-14(15)18(23)24-16-5-2-1-4-12(16)11-20/h7-8,10,12,16H,1-6,9H2/t12-,16-/m1/s1. The van der Waals surface area contributed by atoms with Gasteiger partial charge in [0.25, 0.3) is 0 Å². The van der Waals surface area contributed by atoms with Crippen molar-refractivity contribution in [3.63, 3.8) is 0 Å². The van der Waals surface area contributed by atoms with Crippen LogP contribution in [0.25, 0.3) is 0 Å². The summed E-state index contributed by atoms with van der Waals surface area (Å²) in [5.74, 6) is -1.82. The number of rotatable bonds is 3. The van der Waals surface area contributed by atoms with Crippen LogP contribution in [0.1, 0.15) is 48.9 Å². The van der Waals surface area contributed by atoms with Crippen LogP contribution in [-0.2, 0) is 9.53 Å². The molecule has 1 aliphatic heterocycles. The summed E-state index contributed by atoms with van der Waals surface area (Å²) in [6.07, 6.45) is 3.86. The Hall–Kier alpha value is -2.42. The molecular weight excluding hydrogens is 311 g/mol. The van der Waals surface area contributed by atoms with Gasteiger partial charge in [-0.05, 0) is 43.9 Å². The topological polar surface area (TPSA) is 70.4 Å². The Balaban J connectivity index is 1.79. The van der Waals surface area contributed by atoms with Gasteiger partial charge in [-0.2, -0.15) is 5.26 Å². The van der Waals surface area contributed by atoms with E-state index in [0.717, 1.165) is 19.3 Å². The van der Waals surface area contributed by atoms with E-state index in [1.54, 1.807) is 4.90 Å². The summed E-state index contributed by atoms with van der Waals surface area (Å²) >= 11 is 0. The first-order chi connectivity index (χ1) is 11.6. The fourth-order valence-corrected chi connectivity index (χ4v) is 3.35. The van der Waals surface area contributed by atoms with E-state index in [2.05, 4.69) is 6.07 Å². The van der Waals surface area contributed by atoms with Crippen LogP contribution in [0, 0.1) is 23.1 Å². The summed E-state index contributed by atoms with van der Waals surface area (Å²) in [6.45, 7) is 0.568. The van der Waals surface area contributed by atoms with Crippen LogP contribution < -0.4 is 4.90 Å². The minimum absolute atomic E-state index is 0.0299. The molecule has 126 valence electrons. The Morgan fingerprint density at radius 3 is 2.79 bits per heavy atom. The number of nitriles is 1. The lowest BCUT2D eigenvalue weighted by Gasteiger charge is -2.26. The van der Waals surface area contributed by atoms with Gasteiger partial charge in [-0.15, -0.1) is 0 Å². The first-order valence-corrected chi connectivity index (χ1v) is 8.30. The van der Waals surface area contributed by atoms with E-state index in [9.17, 15) is 14.0 Å². The first-order valence-electron chi connectivity index (χ1n) is 8.30. The van der Waals surface area contributed by atoms with Crippen LogP contribution in [-0.4, -0.2) is 24.5 Å². The average Bonchev–Trinajstić information content (AvgIpc) is 3.02. The van der Waals surface area contributed by atoms with Crippen molar-refractivity contribution in [3.05, 3.63) is 29.6 Å². The predicted molar refractivity (Wildman–Crippen MR) is 84.8 cm³/mol. The highest BCUT2D eigenvalue weighted by Crippen LogP contribution is 2.29. The van der Waals surface area contributed by atoms with Gasteiger partial charge in [0, 0.05) is 18.7 Å². The van der Waals surface area contributed by atoms with Gasteiger partial charge >= 0.3 is 5.97 Å². The minimum atomic E-state index is -0.770. The number of hydrogen-bond donors (Lipinski definition) is 0. The Bertz CT molecular complexity index is 698. The molecule has 0 unspecified atom stereocenters. The third-order valence-electron chi connectivity index (χ3n) is 4.68. The summed E-state index contributed by atoms with van der Waals surface area (Å²) in [5.41, 5.74) is 0.320. The number of nitrogens with zero attached hydrogens (tertiary/aromatic N) is 2. The molecule has 3 rings (SSSR count). The number of carbonyl (C=O) groups is 2. The molecule has 2 atom stereocenters. The highest BCUT2D eigenvalue weighted by Gasteiger charge is 2.30. The molecule has 2 aliphatic rings. The van der Waals surface area contributed by atoms with Crippen molar-refractivity contribution in [2.24, 2.45) is 5.92 Å². The number of halogens is 1. The summed E-state index contributed by atoms with van der Waals surface area (Å²) in [5, 5.41) is 9.16. The maximum absolute atomic E-state index is 14.1. The van der Waals surface area contributed by atoms with Crippen molar-refractivity contribution >= 4 is 17.6 Å². The molecule has 1 heterocycles. The van der Waals surface area contributed by atoms with Crippen molar-refractivity contribution in [2.75, 3.05) is 11.4 Å². The van der Waals surface area contributed by atoms with E-state index in [1.807, 2.05) is 0 Å². The van der Waals surface area contributed by atoms with Crippen molar-refractivity contribution in [3.8, 4) is 6.07 Å². The fourth-order valence-electron chi connectivity index (χ4n) is 3.35. The molecule has 1 aromatic rings. The Kier molecular flexibility index (Phi) is 4.79. The predicted octanol–water partition coefficient (Wildman–Crippen LogP) is 3.19. The number of ether oxygens (including phenoxy) is 1. The van der Waals surface area contributed by atoms with Crippen LogP contribution in [0.5, 0.6) is 0 Å². The molecule has 0 spiro atoms. The van der Waals surface area contributed by atoms with Gasteiger partial charge < -0.3 is 9.64 Å². The number of benzene rings is 1. The summed E-state index contributed by atoms with van der Waals surface area (Å²) in [6, 6.07) is 6.20. The van der Waals surface area contributed by atoms with Crippen LogP contribution in [0.4, 0.5) is 10.1 Å². The van der Waals surface area contributed by atoms with Crippen LogP contribution in [0.2, 0.25) is 0 Å². The van der Waals surface area contributed by atoms with Crippen LogP contribution >= 0.6 is 0 Å². The van der Waals surface area contributed by atoms with Gasteiger partial charge in [-0.25, -0.2) is 9.18 Å². The molecule has 2 fully saturated rings. The molecule has 1 aromatic carbocycles. The zero-order valence-electron chi connectivity index (χ0n) is 13.3. The van der Waals surface area contributed by atoms with Crippen LogP contribution in [0.3, 0.4) is 0 Å². The van der Waals surface area contributed by atoms with Gasteiger partial charge in [0.15, 0.2) is 0 Å². The molecule has 0 N–H and O–H groups in total. The molecule has 0 aromatic heterocycles. The van der Waals surface area contributed by atoms with E-state index in [1.165, 1.54) is 18.2 Å². The lowest BCUT2D eigenvalue weighted by atomic mass is 9.87. The van der Waals surface area contributed by atoms with E-state index in [0.29, 0.717) is 31.5 Å². The Labute approximate surface area is 140 Å². The number of amides is 1. The first kappa shape index (κ1) is 16.4. The van der Waals surface area contributed by atoms with E-state index in [-0.39, 0.29) is 17.4 Å². The van der Waals surface area contributed by atoms with E-state index in [4.69, 9.17) is 10.00 Å². The number of anilines is 1. The van der Waals surface area contributed by atoms with E-state index < -0.39 is 17.9 Å². The molecule has 0 bridgehead atoms. The minimum Gasteiger partial charge on any atom is -0.457 e. The third-order valence-corrected chi connectivity index (χ3v) is 4.68. The average molecular weight is 330 g/mol. The highest BCUT2D eigenvalue weighted by molar-refractivity contribution is 5.97. The maximum atomic E-state index is 14.1. The molecule has 1 saturated heterocycles. The van der Waals surface area contributed by atoms with E-state index >= 15 is 0 Å². The zero-order valence-corrected chi connectivity index (χ0v) is 13.3. The SMILES string of the molecule is N#C[C@H]1CCCC[C@H]1OC(=O)c1cc(N2CCCC2=O)ccc1F. The fraction of sp³-hybridized carbons (Fsp3) is 0.500. The number of esters is 1. The molecule has 1 saturated carbocycles. The normalized spacial score (nSPS) is 23.8. The lowest BCUT2D eigenvalue weighted by molar-refractivity contribution is -0.117. The van der Waals surface area contributed by atoms with Crippen molar-refractivity contribution in [2.45, 2.75) is 44.6 Å². The number of hydrogen-bond acceptors (Lipinski definition) is 4. The lowest BCUT2D eigenvalue weighted by Crippen LogP contribution is -2.30. The molecule has 24 heavy (non-hydrogen) atoms. The summed E-state index contributed by atoms with van der Waals surface area (Å²) in [4.78, 5) is 25.7. The van der Waals surface area contributed by atoms with Crippen molar-refractivity contribution < 1.29 is 18.7 Å². The maximum Gasteiger partial charge on any atom is 0.341 e. The third kappa shape index (κ3) is 3.25. The monoisotopic (exact) mass is 330 g/mol. The van der Waals surface area contributed by atoms with Crippen molar-refractivity contribution in [1.29, 1.82) is 5.26 Å². The number of carbonyl (C=O) groups excluding carboxylic acids is 2. The van der Waals surface area contributed by atoms with Gasteiger partial charge in [0.05, 0.1) is 17.6 Å². The second kappa shape index (κ2) is 7.00. The molecule has 1 amide bonds. The molecule has 6 heteroatoms. The smallest absolute Gasteiger partial charge is 0.341 e. The zero-order chi connectivity index (χ0) is 17.1. The van der Waals surface area contributed by atoms with Crippen molar-refractivity contribution in [1.82, 2.24) is 0 Å². The Morgan fingerprint density at radius 1 is 1.29 bits per heavy atom. The van der Waals surface area contributed by atoms with Gasteiger partial charge in [-0.3, -0.25) is 4.79 Å². The molecule has 5 nitrogen and oxygen atoms in total. The molecule has 0 radical (unpaired) electrons. The van der Waals surface area contributed by atoms with Gasteiger partial charge in [-0.1, -0.05) is 6.42 Å². The molecule has 1 aliphatic carbocycles. The largest absolute Gasteiger partial charge is 0.457 e. The second-order valence-corrected chi connectivity index (χ2v) is 6.28. The highest BCUT2D eigenvalue weighted by atomic mass is 19.1. The Morgan fingerprint density at radius 2 is 2.08 bits per heavy atom.